The number of alkyl halides is 3. The Morgan fingerprint density at radius 2 is 1.81 bits per heavy atom. The molecule has 1 aliphatic rings. The van der Waals surface area contributed by atoms with Gasteiger partial charge in [-0.15, -0.1) is 0 Å². The molecule has 1 aromatic rings. The van der Waals surface area contributed by atoms with Gasteiger partial charge in [0.05, 0.1) is 5.92 Å². The molecule has 0 aliphatic carbocycles. The van der Waals surface area contributed by atoms with Crippen LogP contribution >= 0.6 is 0 Å². The number of hydrogen-bond acceptors (Lipinski definition) is 2. The van der Waals surface area contributed by atoms with Crippen molar-refractivity contribution in [3.8, 4) is 0 Å². The van der Waals surface area contributed by atoms with Crippen LogP contribution in [0.1, 0.15) is 26.3 Å². The Morgan fingerprint density at radius 1 is 1.14 bits per heavy atom. The van der Waals surface area contributed by atoms with Crippen LogP contribution in [0.25, 0.3) is 0 Å². The number of nitrogens with one attached hydrogen (secondary N) is 1. The smallest absolute Gasteiger partial charge is 0.369 e. The highest BCUT2D eigenvalue weighted by Crippen LogP contribution is 2.34. The molecule has 1 aromatic carbocycles. The number of hydrogen-bond donors (Lipinski definition) is 1. The molecule has 0 radical (unpaired) electrons. The SMILES string of the molecule is CC(C)(C)c1ccccc1N1CCNCC(C(F)(F)F)C1. The van der Waals surface area contributed by atoms with Crippen molar-refractivity contribution < 1.29 is 13.2 Å². The van der Waals surface area contributed by atoms with Gasteiger partial charge in [0.25, 0.3) is 0 Å². The van der Waals surface area contributed by atoms with E-state index in [1.807, 2.05) is 29.2 Å². The van der Waals surface area contributed by atoms with Gasteiger partial charge >= 0.3 is 6.18 Å². The minimum absolute atomic E-state index is 0.00230. The lowest BCUT2D eigenvalue weighted by Gasteiger charge is -2.32. The molecule has 0 aromatic heterocycles. The predicted molar refractivity (Wildman–Crippen MR) is 79.8 cm³/mol. The van der Waals surface area contributed by atoms with Gasteiger partial charge in [-0.2, -0.15) is 13.2 Å². The predicted octanol–water partition coefficient (Wildman–Crippen LogP) is 3.57. The van der Waals surface area contributed by atoms with Crippen molar-refractivity contribution in [2.24, 2.45) is 5.92 Å². The van der Waals surface area contributed by atoms with Crippen LogP contribution in [0.2, 0.25) is 0 Å². The van der Waals surface area contributed by atoms with Gasteiger partial charge in [0.1, 0.15) is 0 Å². The summed E-state index contributed by atoms with van der Waals surface area (Å²) >= 11 is 0. The van der Waals surface area contributed by atoms with Gasteiger partial charge < -0.3 is 10.2 Å². The molecule has 0 amide bonds. The van der Waals surface area contributed by atoms with Crippen molar-refractivity contribution in [2.75, 3.05) is 31.1 Å². The maximum atomic E-state index is 13.1. The van der Waals surface area contributed by atoms with Crippen LogP contribution in [0.4, 0.5) is 18.9 Å². The lowest BCUT2D eigenvalue weighted by Crippen LogP contribution is -2.38. The Balaban J connectivity index is 2.32. The molecule has 21 heavy (non-hydrogen) atoms. The molecule has 1 unspecified atom stereocenters. The fraction of sp³-hybridized carbons (Fsp3) is 0.625. The van der Waals surface area contributed by atoms with Crippen LogP contribution < -0.4 is 10.2 Å². The molecule has 118 valence electrons. The molecule has 1 saturated heterocycles. The summed E-state index contributed by atoms with van der Waals surface area (Å²) < 4.78 is 39.2. The zero-order chi connectivity index (χ0) is 15.7. The number of halogens is 3. The van der Waals surface area contributed by atoms with E-state index in [9.17, 15) is 13.2 Å². The van der Waals surface area contributed by atoms with Gasteiger partial charge in [-0.25, -0.2) is 0 Å². The molecule has 5 heteroatoms. The van der Waals surface area contributed by atoms with Crippen LogP contribution in [-0.2, 0) is 5.41 Å². The van der Waals surface area contributed by atoms with Crippen molar-refractivity contribution in [3.63, 3.8) is 0 Å². The van der Waals surface area contributed by atoms with E-state index < -0.39 is 12.1 Å². The summed E-state index contributed by atoms with van der Waals surface area (Å²) in [4.78, 5) is 1.87. The van der Waals surface area contributed by atoms with Gasteiger partial charge in [-0.3, -0.25) is 0 Å². The normalized spacial score (nSPS) is 21.2. The van der Waals surface area contributed by atoms with Crippen LogP contribution in [0.15, 0.2) is 24.3 Å². The first-order valence-electron chi connectivity index (χ1n) is 7.31. The zero-order valence-electron chi connectivity index (χ0n) is 12.8. The van der Waals surface area contributed by atoms with E-state index in [0.29, 0.717) is 13.1 Å². The Bertz CT molecular complexity index is 477. The van der Waals surface area contributed by atoms with Crippen molar-refractivity contribution >= 4 is 5.69 Å². The van der Waals surface area contributed by atoms with E-state index in [-0.39, 0.29) is 18.5 Å². The Kier molecular flexibility index (Phi) is 4.51. The molecular formula is C16H23F3N2. The summed E-state index contributed by atoms with van der Waals surface area (Å²) in [6.07, 6.45) is -4.16. The number of rotatable bonds is 1. The first-order chi connectivity index (χ1) is 9.69. The van der Waals surface area contributed by atoms with E-state index in [1.165, 1.54) is 0 Å². The average Bonchev–Trinajstić information content (AvgIpc) is 2.63. The van der Waals surface area contributed by atoms with E-state index in [0.717, 1.165) is 11.3 Å². The van der Waals surface area contributed by atoms with Gasteiger partial charge in [0, 0.05) is 31.9 Å². The zero-order valence-corrected chi connectivity index (χ0v) is 12.8. The maximum absolute atomic E-state index is 13.1. The summed E-state index contributed by atoms with van der Waals surface area (Å²) in [7, 11) is 0. The number of benzene rings is 1. The van der Waals surface area contributed by atoms with Crippen molar-refractivity contribution in [1.29, 1.82) is 0 Å². The maximum Gasteiger partial charge on any atom is 0.394 e. The third-order valence-electron chi connectivity index (χ3n) is 3.91. The Labute approximate surface area is 124 Å². The molecule has 1 fully saturated rings. The molecule has 2 nitrogen and oxygen atoms in total. The third-order valence-corrected chi connectivity index (χ3v) is 3.91. The molecule has 0 saturated carbocycles. The highest BCUT2D eigenvalue weighted by molar-refractivity contribution is 5.56. The molecule has 1 aliphatic heterocycles. The van der Waals surface area contributed by atoms with E-state index >= 15 is 0 Å². The highest BCUT2D eigenvalue weighted by atomic mass is 19.4. The van der Waals surface area contributed by atoms with Gasteiger partial charge in [-0.05, 0) is 17.0 Å². The van der Waals surface area contributed by atoms with Crippen molar-refractivity contribution in [2.45, 2.75) is 32.4 Å². The van der Waals surface area contributed by atoms with Gasteiger partial charge in [0.2, 0.25) is 0 Å². The topological polar surface area (TPSA) is 15.3 Å². The number of nitrogens with zero attached hydrogens (tertiary/aromatic N) is 1. The largest absolute Gasteiger partial charge is 0.394 e. The Morgan fingerprint density at radius 3 is 2.43 bits per heavy atom. The minimum atomic E-state index is -4.16. The third kappa shape index (κ3) is 3.90. The summed E-state index contributed by atoms with van der Waals surface area (Å²) in [5, 5.41) is 2.90. The van der Waals surface area contributed by atoms with Crippen LogP contribution in [0, 0.1) is 5.92 Å². The molecule has 2 rings (SSSR count). The first-order valence-corrected chi connectivity index (χ1v) is 7.31. The minimum Gasteiger partial charge on any atom is -0.369 e. The molecular weight excluding hydrogens is 277 g/mol. The fourth-order valence-electron chi connectivity index (χ4n) is 2.73. The molecule has 0 spiro atoms. The molecule has 1 N–H and O–H groups in total. The van der Waals surface area contributed by atoms with Gasteiger partial charge in [-0.1, -0.05) is 39.0 Å². The summed E-state index contributed by atoms with van der Waals surface area (Å²) in [6, 6.07) is 7.78. The second-order valence-electron chi connectivity index (χ2n) is 6.66. The average molecular weight is 300 g/mol. The lowest BCUT2D eigenvalue weighted by molar-refractivity contribution is -0.169. The van der Waals surface area contributed by atoms with E-state index in [4.69, 9.17) is 0 Å². The monoisotopic (exact) mass is 300 g/mol. The van der Waals surface area contributed by atoms with Crippen molar-refractivity contribution in [1.82, 2.24) is 5.32 Å². The van der Waals surface area contributed by atoms with Crippen LogP contribution in [-0.4, -0.2) is 32.4 Å². The number of anilines is 1. The van der Waals surface area contributed by atoms with E-state index in [2.05, 4.69) is 26.1 Å². The quantitative estimate of drug-likeness (QED) is 0.853. The molecule has 1 atom stereocenters. The molecule has 1 heterocycles. The highest BCUT2D eigenvalue weighted by Gasteiger charge is 2.41. The Hall–Kier alpha value is -1.23. The standard InChI is InChI=1S/C16H23F3N2/c1-15(2,3)13-6-4-5-7-14(13)21-9-8-20-10-12(11-21)16(17,18)19/h4-7,12,20H,8-11H2,1-3H3. The van der Waals surface area contributed by atoms with Gasteiger partial charge in [0.15, 0.2) is 0 Å². The molecule has 0 bridgehead atoms. The fourth-order valence-corrected chi connectivity index (χ4v) is 2.73. The van der Waals surface area contributed by atoms with Crippen LogP contribution in [0.5, 0.6) is 0 Å². The summed E-state index contributed by atoms with van der Waals surface area (Å²) in [6.45, 7) is 7.45. The second-order valence-corrected chi connectivity index (χ2v) is 6.66. The van der Waals surface area contributed by atoms with Crippen LogP contribution in [0.3, 0.4) is 0 Å². The number of para-hydroxylation sites is 1. The summed E-state index contributed by atoms with van der Waals surface area (Å²) in [5.41, 5.74) is 1.92. The van der Waals surface area contributed by atoms with Crippen molar-refractivity contribution in [3.05, 3.63) is 29.8 Å². The lowest BCUT2D eigenvalue weighted by atomic mass is 9.85. The second kappa shape index (κ2) is 5.87. The summed E-state index contributed by atoms with van der Waals surface area (Å²) in [5.74, 6) is -1.33. The van der Waals surface area contributed by atoms with E-state index in [1.54, 1.807) is 0 Å². The first kappa shape index (κ1) is 16.1.